The van der Waals surface area contributed by atoms with Crippen molar-refractivity contribution < 1.29 is 9.53 Å². The van der Waals surface area contributed by atoms with Gasteiger partial charge >= 0.3 is 0 Å². The van der Waals surface area contributed by atoms with Gasteiger partial charge in [0.2, 0.25) is 0 Å². The highest BCUT2D eigenvalue weighted by Gasteiger charge is 2.08. The number of hydrogen-bond donors (Lipinski definition) is 0. The van der Waals surface area contributed by atoms with Crippen molar-refractivity contribution in [1.29, 1.82) is 0 Å². The van der Waals surface area contributed by atoms with Gasteiger partial charge in [-0.05, 0) is 36.4 Å². The zero-order valence-corrected chi connectivity index (χ0v) is 10.2. The van der Waals surface area contributed by atoms with Crippen LogP contribution in [0.25, 0.3) is 0 Å². The predicted octanol–water partition coefficient (Wildman–Crippen LogP) is 2.80. The van der Waals surface area contributed by atoms with Crippen molar-refractivity contribution in [2.75, 3.05) is 19.1 Å². The SMILES string of the molecule is CCc1cc(C(=O)CSC)ccc1OC. The van der Waals surface area contributed by atoms with Crippen molar-refractivity contribution in [3.05, 3.63) is 29.3 Å². The fraction of sp³-hybridized carbons (Fsp3) is 0.417. The number of methoxy groups -OCH3 is 1. The number of rotatable bonds is 5. The van der Waals surface area contributed by atoms with Gasteiger partial charge in [0.25, 0.3) is 0 Å². The number of thioether (sulfide) groups is 1. The lowest BCUT2D eigenvalue weighted by Gasteiger charge is -2.08. The second kappa shape index (κ2) is 5.81. The van der Waals surface area contributed by atoms with Gasteiger partial charge in [0.05, 0.1) is 12.9 Å². The standard InChI is InChI=1S/C12H16O2S/c1-4-9-7-10(11(13)8-15-3)5-6-12(9)14-2/h5-7H,4,8H2,1-3H3. The second-order valence-corrected chi connectivity index (χ2v) is 4.10. The van der Waals surface area contributed by atoms with Crippen LogP contribution in [-0.2, 0) is 6.42 Å². The predicted molar refractivity (Wildman–Crippen MR) is 65.1 cm³/mol. The van der Waals surface area contributed by atoms with Crippen molar-refractivity contribution in [3.8, 4) is 5.75 Å². The highest BCUT2D eigenvalue weighted by atomic mass is 32.2. The summed E-state index contributed by atoms with van der Waals surface area (Å²) in [5.74, 6) is 1.58. The summed E-state index contributed by atoms with van der Waals surface area (Å²) in [6.45, 7) is 2.06. The van der Waals surface area contributed by atoms with E-state index in [1.165, 1.54) is 0 Å². The van der Waals surface area contributed by atoms with Crippen LogP contribution in [0.2, 0.25) is 0 Å². The van der Waals surface area contributed by atoms with E-state index in [0.717, 1.165) is 23.3 Å². The van der Waals surface area contributed by atoms with E-state index in [2.05, 4.69) is 6.92 Å². The van der Waals surface area contributed by atoms with Crippen LogP contribution in [-0.4, -0.2) is 24.9 Å². The molecule has 3 heteroatoms. The lowest BCUT2D eigenvalue weighted by atomic mass is 10.1. The van der Waals surface area contributed by atoms with E-state index >= 15 is 0 Å². The quantitative estimate of drug-likeness (QED) is 0.719. The molecule has 0 spiro atoms. The zero-order chi connectivity index (χ0) is 11.3. The van der Waals surface area contributed by atoms with Gasteiger partial charge in [-0.3, -0.25) is 4.79 Å². The van der Waals surface area contributed by atoms with Crippen molar-refractivity contribution in [1.82, 2.24) is 0 Å². The smallest absolute Gasteiger partial charge is 0.172 e. The van der Waals surface area contributed by atoms with Crippen LogP contribution in [0.4, 0.5) is 0 Å². The summed E-state index contributed by atoms with van der Waals surface area (Å²) in [6, 6.07) is 5.63. The second-order valence-electron chi connectivity index (χ2n) is 3.24. The van der Waals surface area contributed by atoms with Gasteiger partial charge in [0.1, 0.15) is 5.75 Å². The monoisotopic (exact) mass is 224 g/mol. The molecule has 0 aliphatic rings. The number of carbonyl (C=O) groups is 1. The van der Waals surface area contributed by atoms with Crippen LogP contribution in [0.1, 0.15) is 22.8 Å². The van der Waals surface area contributed by atoms with Crippen LogP contribution in [0, 0.1) is 0 Å². The third kappa shape index (κ3) is 2.99. The fourth-order valence-electron chi connectivity index (χ4n) is 1.44. The van der Waals surface area contributed by atoms with Crippen molar-refractivity contribution in [3.63, 3.8) is 0 Å². The lowest BCUT2D eigenvalue weighted by Crippen LogP contribution is -2.03. The molecule has 0 aliphatic carbocycles. The molecule has 0 bridgehead atoms. The summed E-state index contributed by atoms with van der Waals surface area (Å²) in [5, 5.41) is 0. The van der Waals surface area contributed by atoms with Crippen molar-refractivity contribution in [2.45, 2.75) is 13.3 Å². The van der Waals surface area contributed by atoms with Gasteiger partial charge in [0, 0.05) is 5.56 Å². The number of Topliss-reactive ketones (excluding diaryl/α,β-unsaturated/α-hetero) is 1. The molecular weight excluding hydrogens is 208 g/mol. The van der Waals surface area contributed by atoms with Gasteiger partial charge in [0.15, 0.2) is 5.78 Å². The first-order chi connectivity index (χ1) is 7.22. The average molecular weight is 224 g/mol. The first-order valence-electron chi connectivity index (χ1n) is 4.92. The molecule has 2 nitrogen and oxygen atoms in total. The molecular formula is C12H16O2S. The molecule has 0 unspecified atom stereocenters. The Bertz CT molecular complexity index is 347. The van der Waals surface area contributed by atoms with Crippen molar-refractivity contribution in [2.24, 2.45) is 0 Å². The van der Waals surface area contributed by atoms with Gasteiger partial charge < -0.3 is 4.74 Å². The molecule has 0 N–H and O–H groups in total. The molecule has 15 heavy (non-hydrogen) atoms. The Balaban J connectivity index is 2.97. The van der Waals surface area contributed by atoms with Gasteiger partial charge in [-0.1, -0.05) is 6.92 Å². The Labute approximate surface area is 95.0 Å². The Kier molecular flexibility index (Phi) is 4.69. The third-order valence-electron chi connectivity index (χ3n) is 2.26. The zero-order valence-electron chi connectivity index (χ0n) is 9.37. The highest BCUT2D eigenvalue weighted by molar-refractivity contribution is 7.99. The molecule has 82 valence electrons. The number of benzene rings is 1. The van der Waals surface area contributed by atoms with Crippen LogP contribution in [0.15, 0.2) is 18.2 Å². The maximum absolute atomic E-state index is 11.7. The molecule has 1 aromatic rings. The normalized spacial score (nSPS) is 10.1. The van der Waals surface area contributed by atoms with Gasteiger partial charge in [-0.2, -0.15) is 11.8 Å². The number of hydrogen-bond acceptors (Lipinski definition) is 3. The maximum atomic E-state index is 11.7. The minimum atomic E-state index is 0.180. The Morgan fingerprint density at radius 1 is 1.47 bits per heavy atom. The molecule has 0 atom stereocenters. The molecule has 0 aromatic heterocycles. The van der Waals surface area contributed by atoms with Crippen LogP contribution in [0.3, 0.4) is 0 Å². The summed E-state index contributed by atoms with van der Waals surface area (Å²) >= 11 is 1.55. The number of aryl methyl sites for hydroxylation is 1. The molecule has 0 aliphatic heterocycles. The van der Waals surface area contributed by atoms with E-state index in [4.69, 9.17) is 4.74 Å². The molecule has 0 saturated heterocycles. The van der Waals surface area contributed by atoms with E-state index in [-0.39, 0.29) is 5.78 Å². The Morgan fingerprint density at radius 3 is 2.73 bits per heavy atom. The largest absolute Gasteiger partial charge is 0.496 e. The van der Waals surface area contributed by atoms with Gasteiger partial charge in [-0.15, -0.1) is 0 Å². The van der Waals surface area contributed by atoms with Crippen LogP contribution in [0.5, 0.6) is 5.75 Å². The summed E-state index contributed by atoms with van der Waals surface area (Å²) < 4.78 is 5.21. The molecule has 0 heterocycles. The maximum Gasteiger partial charge on any atom is 0.172 e. The summed E-state index contributed by atoms with van der Waals surface area (Å²) in [4.78, 5) is 11.7. The van der Waals surface area contributed by atoms with E-state index in [1.54, 1.807) is 18.9 Å². The third-order valence-corrected chi connectivity index (χ3v) is 2.81. The number of ether oxygens (including phenoxy) is 1. The van der Waals surface area contributed by atoms with E-state index < -0.39 is 0 Å². The molecule has 0 saturated carbocycles. The minimum Gasteiger partial charge on any atom is -0.496 e. The van der Waals surface area contributed by atoms with Crippen LogP contribution >= 0.6 is 11.8 Å². The molecule has 1 rings (SSSR count). The minimum absolute atomic E-state index is 0.180. The highest BCUT2D eigenvalue weighted by Crippen LogP contribution is 2.21. The number of carbonyl (C=O) groups excluding carboxylic acids is 1. The van der Waals surface area contributed by atoms with Crippen molar-refractivity contribution >= 4 is 17.5 Å². The summed E-state index contributed by atoms with van der Waals surface area (Å²) in [5.41, 5.74) is 1.87. The molecule has 1 aromatic carbocycles. The Morgan fingerprint density at radius 2 is 2.20 bits per heavy atom. The summed E-state index contributed by atoms with van der Waals surface area (Å²) in [7, 11) is 1.65. The van der Waals surface area contributed by atoms with E-state index in [0.29, 0.717) is 5.75 Å². The Hall–Kier alpha value is -0.960. The molecule has 0 radical (unpaired) electrons. The van der Waals surface area contributed by atoms with E-state index in [1.807, 2.05) is 24.5 Å². The topological polar surface area (TPSA) is 26.3 Å². The molecule has 0 amide bonds. The van der Waals surface area contributed by atoms with Gasteiger partial charge in [-0.25, -0.2) is 0 Å². The fourth-order valence-corrected chi connectivity index (χ4v) is 1.87. The first kappa shape index (κ1) is 12.1. The first-order valence-corrected chi connectivity index (χ1v) is 6.31. The van der Waals surface area contributed by atoms with E-state index in [9.17, 15) is 4.79 Å². The lowest BCUT2D eigenvalue weighted by molar-refractivity contribution is 0.102. The average Bonchev–Trinajstić information content (AvgIpc) is 2.28. The van der Waals surface area contributed by atoms with Crippen LogP contribution < -0.4 is 4.74 Å². The molecule has 0 fully saturated rings. The summed E-state index contributed by atoms with van der Waals surface area (Å²) in [6.07, 6.45) is 2.81. The number of ketones is 1.